The van der Waals surface area contributed by atoms with Crippen LogP contribution in [-0.2, 0) is 4.79 Å². The summed E-state index contributed by atoms with van der Waals surface area (Å²) in [4.78, 5) is 14.5. The van der Waals surface area contributed by atoms with Crippen molar-refractivity contribution in [2.24, 2.45) is 5.10 Å². The minimum atomic E-state index is -0.331. The molecule has 0 saturated heterocycles. The first-order valence-corrected chi connectivity index (χ1v) is 10.3. The number of rotatable bonds is 7. The van der Waals surface area contributed by atoms with E-state index in [1.54, 1.807) is 25.5 Å². The van der Waals surface area contributed by atoms with E-state index in [0.717, 1.165) is 18.5 Å². The van der Waals surface area contributed by atoms with Gasteiger partial charge in [0, 0.05) is 17.8 Å². The van der Waals surface area contributed by atoms with Crippen molar-refractivity contribution >= 4 is 17.8 Å². The summed E-state index contributed by atoms with van der Waals surface area (Å²) in [6.07, 6.45) is 2.77. The molecule has 6 heteroatoms. The number of para-hydroxylation sites is 2. The number of carbonyl (C=O) groups is 1. The van der Waals surface area contributed by atoms with Crippen LogP contribution in [0.3, 0.4) is 0 Å². The van der Waals surface area contributed by atoms with E-state index in [1.165, 1.54) is 11.3 Å². The van der Waals surface area contributed by atoms with Gasteiger partial charge in [-0.15, -0.1) is 0 Å². The summed E-state index contributed by atoms with van der Waals surface area (Å²) in [6.45, 7) is 9.90. The number of hydrogen-bond donors (Lipinski definition) is 1. The van der Waals surface area contributed by atoms with Gasteiger partial charge in [0.15, 0.2) is 18.1 Å². The third-order valence-electron chi connectivity index (χ3n) is 5.56. The van der Waals surface area contributed by atoms with E-state index in [4.69, 9.17) is 9.47 Å². The lowest BCUT2D eigenvalue weighted by molar-refractivity contribution is -0.123. The van der Waals surface area contributed by atoms with E-state index < -0.39 is 0 Å². The molecule has 1 atom stereocenters. The van der Waals surface area contributed by atoms with Crippen molar-refractivity contribution in [3.05, 3.63) is 53.6 Å². The third-order valence-corrected chi connectivity index (χ3v) is 5.56. The van der Waals surface area contributed by atoms with Gasteiger partial charge < -0.3 is 14.4 Å². The zero-order chi connectivity index (χ0) is 21.7. The van der Waals surface area contributed by atoms with Gasteiger partial charge in [-0.1, -0.05) is 25.1 Å². The Morgan fingerprint density at radius 1 is 1.27 bits per heavy atom. The zero-order valence-electron chi connectivity index (χ0n) is 18.4. The number of methoxy groups -OCH3 is 1. The fraction of sp³-hybridized carbons (Fsp3) is 0.417. The third kappa shape index (κ3) is 4.75. The molecule has 0 aromatic heterocycles. The molecule has 0 spiro atoms. The number of anilines is 1. The van der Waals surface area contributed by atoms with E-state index in [2.05, 4.69) is 55.3 Å². The van der Waals surface area contributed by atoms with Crippen LogP contribution in [0.4, 0.5) is 5.69 Å². The molecule has 6 nitrogen and oxygen atoms in total. The number of benzene rings is 2. The highest BCUT2D eigenvalue weighted by molar-refractivity contribution is 5.84. The monoisotopic (exact) mass is 409 g/mol. The molecule has 0 unspecified atom stereocenters. The Kier molecular flexibility index (Phi) is 6.65. The summed E-state index contributed by atoms with van der Waals surface area (Å²) in [5, 5.41) is 4.09. The standard InChI is InChI=1S/C24H31N3O3/c1-6-27-20-12-11-18(13-19(20)17(2)14-24(27,3)4)15-25-26-23(28)16-30-22-10-8-7-9-21(22)29-5/h7-13,15,17H,6,14,16H2,1-5H3,(H,26,28)/b25-15+/t17-/m1/s1. The van der Waals surface area contributed by atoms with Crippen molar-refractivity contribution in [1.82, 2.24) is 5.43 Å². The molecule has 1 N–H and O–H groups in total. The number of carbonyl (C=O) groups excluding carboxylic acids is 1. The smallest absolute Gasteiger partial charge is 0.277 e. The minimum Gasteiger partial charge on any atom is -0.493 e. The van der Waals surface area contributed by atoms with Crippen LogP contribution in [0.15, 0.2) is 47.6 Å². The number of amides is 1. The van der Waals surface area contributed by atoms with Crippen molar-refractivity contribution in [3.63, 3.8) is 0 Å². The highest BCUT2D eigenvalue weighted by Crippen LogP contribution is 2.43. The van der Waals surface area contributed by atoms with Gasteiger partial charge in [0.05, 0.1) is 13.3 Å². The van der Waals surface area contributed by atoms with Crippen LogP contribution in [-0.4, -0.2) is 37.9 Å². The lowest BCUT2D eigenvalue weighted by atomic mass is 9.79. The highest BCUT2D eigenvalue weighted by Gasteiger charge is 2.35. The average Bonchev–Trinajstić information content (AvgIpc) is 2.72. The molecule has 160 valence electrons. The molecule has 2 aromatic rings. The van der Waals surface area contributed by atoms with Gasteiger partial charge in [-0.05, 0) is 68.5 Å². The first kappa shape index (κ1) is 21.7. The Balaban J connectivity index is 1.62. The molecule has 1 amide bonds. The Bertz CT molecular complexity index is 924. The van der Waals surface area contributed by atoms with E-state index in [1.807, 2.05) is 18.2 Å². The molecule has 3 rings (SSSR count). The van der Waals surface area contributed by atoms with Crippen LogP contribution in [0.1, 0.15) is 51.2 Å². The number of ether oxygens (including phenoxy) is 2. The molecule has 0 saturated carbocycles. The van der Waals surface area contributed by atoms with Gasteiger partial charge in [-0.3, -0.25) is 4.79 Å². The maximum Gasteiger partial charge on any atom is 0.277 e. The second-order valence-corrected chi connectivity index (χ2v) is 8.21. The molecule has 30 heavy (non-hydrogen) atoms. The predicted octanol–water partition coefficient (Wildman–Crippen LogP) is 4.34. The normalized spacial score (nSPS) is 17.5. The first-order chi connectivity index (χ1) is 14.4. The van der Waals surface area contributed by atoms with Crippen LogP contribution >= 0.6 is 0 Å². The Labute approximate surface area is 178 Å². The zero-order valence-corrected chi connectivity index (χ0v) is 18.4. The van der Waals surface area contributed by atoms with Crippen LogP contribution in [0.5, 0.6) is 11.5 Å². The number of nitrogens with zero attached hydrogens (tertiary/aromatic N) is 2. The fourth-order valence-electron chi connectivity index (χ4n) is 4.28. The molecule has 0 radical (unpaired) electrons. The van der Waals surface area contributed by atoms with Crippen LogP contribution in [0.25, 0.3) is 0 Å². The first-order valence-electron chi connectivity index (χ1n) is 10.3. The van der Waals surface area contributed by atoms with Crippen molar-refractivity contribution in [3.8, 4) is 11.5 Å². The molecule has 2 aromatic carbocycles. The lowest BCUT2D eigenvalue weighted by Gasteiger charge is -2.47. The molecule has 0 bridgehead atoms. The van der Waals surface area contributed by atoms with Crippen molar-refractivity contribution in [2.75, 3.05) is 25.2 Å². The summed E-state index contributed by atoms with van der Waals surface area (Å²) in [5.41, 5.74) is 6.23. The van der Waals surface area contributed by atoms with Gasteiger partial charge in [-0.2, -0.15) is 5.10 Å². The SMILES string of the molecule is CCN1c2ccc(/C=N/NC(=O)COc3ccccc3OC)cc2[C@H](C)CC1(C)C. The lowest BCUT2D eigenvalue weighted by Crippen LogP contribution is -2.48. The van der Waals surface area contributed by atoms with Gasteiger partial charge in [0.1, 0.15) is 0 Å². The van der Waals surface area contributed by atoms with Crippen LogP contribution in [0, 0.1) is 0 Å². The van der Waals surface area contributed by atoms with E-state index in [9.17, 15) is 4.79 Å². The number of hydrogen-bond acceptors (Lipinski definition) is 5. The average molecular weight is 410 g/mol. The van der Waals surface area contributed by atoms with Gasteiger partial charge in [-0.25, -0.2) is 5.43 Å². The topological polar surface area (TPSA) is 63.2 Å². The van der Waals surface area contributed by atoms with Crippen molar-refractivity contribution < 1.29 is 14.3 Å². The fourth-order valence-corrected chi connectivity index (χ4v) is 4.28. The molecule has 0 aliphatic carbocycles. The number of fused-ring (bicyclic) bond motifs is 1. The highest BCUT2D eigenvalue weighted by atomic mass is 16.5. The second kappa shape index (κ2) is 9.20. The Morgan fingerprint density at radius 3 is 2.70 bits per heavy atom. The Hall–Kier alpha value is -3.02. The summed E-state index contributed by atoms with van der Waals surface area (Å²) < 4.78 is 10.7. The molecule has 1 heterocycles. The van der Waals surface area contributed by atoms with E-state index in [-0.39, 0.29) is 18.1 Å². The molecule has 1 aliphatic rings. The van der Waals surface area contributed by atoms with E-state index >= 15 is 0 Å². The molecular weight excluding hydrogens is 378 g/mol. The number of nitrogens with one attached hydrogen (secondary N) is 1. The largest absolute Gasteiger partial charge is 0.493 e. The second-order valence-electron chi connectivity index (χ2n) is 8.21. The van der Waals surface area contributed by atoms with Crippen molar-refractivity contribution in [1.29, 1.82) is 0 Å². The predicted molar refractivity (Wildman–Crippen MR) is 121 cm³/mol. The summed E-state index contributed by atoms with van der Waals surface area (Å²) in [6, 6.07) is 13.6. The number of hydrazone groups is 1. The van der Waals surface area contributed by atoms with Gasteiger partial charge in [0.2, 0.25) is 0 Å². The summed E-state index contributed by atoms with van der Waals surface area (Å²) in [5.74, 6) is 1.24. The summed E-state index contributed by atoms with van der Waals surface area (Å²) in [7, 11) is 1.56. The van der Waals surface area contributed by atoms with E-state index in [0.29, 0.717) is 17.4 Å². The van der Waals surface area contributed by atoms with Gasteiger partial charge >= 0.3 is 0 Å². The molecule has 0 fully saturated rings. The summed E-state index contributed by atoms with van der Waals surface area (Å²) >= 11 is 0. The molecular formula is C24H31N3O3. The Morgan fingerprint density at radius 2 is 2.00 bits per heavy atom. The minimum absolute atomic E-state index is 0.139. The maximum atomic E-state index is 12.0. The van der Waals surface area contributed by atoms with Gasteiger partial charge in [0.25, 0.3) is 5.91 Å². The molecule has 1 aliphatic heterocycles. The maximum absolute atomic E-state index is 12.0. The van der Waals surface area contributed by atoms with Crippen molar-refractivity contribution in [2.45, 2.75) is 45.6 Å². The quantitative estimate of drug-likeness (QED) is 0.546. The van der Waals surface area contributed by atoms with Crippen LogP contribution in [0.2, 0.25) is 0 Å². The van der Waals surface area contributed by atoms with Crippen LogP contribution < -0.4 is 19.8 Å².